The molecule has 2 aromatic carbocycles. The Morgan fingerprint density at radius 2 is 1.65 bits per heavy atom. The fourth-order valence-electron chi connectivity index (χ4n) is 2.54. The molecule has 2 rings (SSSR count). The summed E-state index contributed by atoms with van der Waals surface area (Å²) in [7, 11) is 1.34. The molecule has 0 saturated carbocycles. The van der Waals surface area contributed by atoms with Gasteiger partial charge < -0.3 is 14.8 Å². The Bertz CT molecular complexity index is 750. The molecule has 138 valence electrons. The summed E-state index contributed by atoms with van der Waals surface area (Å²) in [6, 6.07) is 17.5. The van der Waals surface area contributed by atoms with Crippen LogP contribution in [0.1, 0.15) is 32.3 Å². The summed E-state index contributed by atoms with van der Waals surface area (Å²) in [6.07, 6.45) is -0.564. The first kappa shape index (κ1) is 19.5. The molecular formula is C21H25NO4. The highest BCUT2D eigenvalue weighted by Gasteiger charge is 2.24. The average Bonchev–Trinajstić information content (AvgIpc) is 2.61. The summed E-state index contributed by atoms with van der Waals surface area (Å²) >= 11 is 0. The first-order chi connectivity index (χ1) is 12.3. The van der Waals surface area contributed by atoms with Gasteiger partial charge in [-0.25, -0.2) is 4.79 Å². The molecule has 0 bridgehead atoms. The van der Waals surface area contributed by atoms with E-state index in [9.17, 15) is 9.59 Å². The minimum absolute atomic E-state index is 0.0971. The summed E-state index contributed by atoms with van der Waals surface area (Å²) in [6.45, 7) is 5.45. The monoisotopic (exact) mass is 355 g/mol. The maximum Gasteiger partial charge on any atom is 0.407 e. The molecular weight excluding hydrogens is 330 g/mol. The summed E-state index contributed by atoms with van der Waals surface area (Å²) < 4.78 is 10.1. The summed E-state index contributed by atoms with van der Waals surface area (Å²) in [5, 5.41) is 2.65. The normalized spacial score (nSPS) is 12.2. The maximum atomic E-state index is 12.2. The SMILES string of the molecule is COC(=O)C(CNC(=O)OC(C)(C)C)c1cccc(-c2ccccc2)c1. The van der Waals surface area contributed by atoms with Crippen LogP contribution in [0.25, 0.3) is 11.1 Å². The molecule has 2 aromatic rings. The van der Waals surface area contributed by atoms with Crippen molar-refractivity contribution < 1.29 is 19.1 Å². The minimum atomic E-state index is -0.615. The zero-order valence-electron chi connectivity index (χ0n) is 15.6. The number of benzene rings is 2. The fraction of sp³-hybridized carbons (Fsp3) is 0.333. The largest absolute Gasteiger partial charge is 0.468 e. The van der Waals surface area contributed by atoms with E-state index < -0.39 is 23.6 Å². The quantitative estimate of drug-likeness (QED) is 0.819. The number of carbonyl (C=O) groups is 2. The molecule has 0 fully saturated rings. The number of ether oxygens (including phenoxy) is 2. The molecule has 0 saturated heterocycles. The number of methoxy groups -OCH3 is 1. The molecule has 0 heterocycles. The molecule has 26 heavy (non-hydrogen) atoms. The van der Waals surface area contributed by atoms with Gasteiger partial charge in [-0.05, 0) is 37.5 Å². The second kappa shape index (κ2) is 8.52. The van der Waals surface area contributed by atoms with Crippen molar-refractivity contribution in [1.29, 1.82) is 0 Å². The highest BCUT2D eigenvalue weighted by molar-refractivity contribution is 5.80. The maximum absolute atomic E-state index is 12.2. The molecule has 5 heteroatoms. The van der Waals surface area contributed by atoms with Crippen LogP contribution in [-0.4, -0.2) is 31.3 Å². The molecule has 0 spiro atoms. The van der Waals surface area contributed by atoms with Gasteiger partial charge in [0.25, 0.3) is 0 Å². The van der Waals surface area contributed by atoms with Gasteiger partial charge in [-0.3, -0.25) is 4.79 Å². The van der Waals surface area contributed by atoms with Gasteiger partial charge in [0.05, 0.1) is 13.0 Å². The van der Waals surface area contributed by atoms with Crippen LogP contribution in [0.3, 0.4) is 0 Å². The van der Waals surface area contributed by atoms with Crippen LogP contribution >= 0.6 is 0 Å². The van der Waals surface area contributed by atoms with Gasteiger partial charge in [0.2, 0.25) is 0 Å². The molecule has 0 aromatic heterocycles. The number of nitrogens with one attached hydrogen (secondary N) is 1. The van der Waals surface area contributed by atoms with Crippen molar-refractivity contribution in [3.63, 3.8) is 0 Å². The third kappa shape index (κ3) is 5.62. The van der Waals surface area contributed by atoms with Gasteiger partial charge in [0.15, 0.2) is 0 Å². The van der Waals surface area contributed by atoms with Gasteiger partial charge >= 0.3 is 12.1 Å². The third-order valence-electron chi connectivity index (χ3n) is 3.73. The highest BCUT2D eigenvalue weighted by Crippen LogP contribution is 2.25. The zero-order chi connectivity index (χ0) is 19.2. The Labute approximate surface area is 154 Å². The van der Waals surface area contributed by atoms with Crippen LogP contribution in [0, 0.1) is 0 Å². The van der Waals surface area contributed by atoms with Crippen LogP contribution in [0.4, 0.5) is 4.79 Å². The summed E-state index contributed by atoms with van der Waals surface area (Å²) in [5.41, 5.74) is 2.22. The van der Waals surface area contributed by atoms with Gasteiger partial charge in [-0.2, -0.15) is 0 Å². The third-order valence-corrected chi connectivity index (χ3v) is 3.73. The first-order valence-corrected chi connectivity index (χ1v) is 8.50. The Balaban J connectivity index is 2.19. The summed E-state index contributed by atoms with van der Waals surface area (Å²) in [4.78, 5) is 24.2. The van der Waals surface area contributed by atoms with Crippen molar-refractivity contribution in [3.8, 4) is 11.1 Å². The van der Waals surface area contributed by atoms with Gasteiger partial charge in [-0.1, -0.05) is 54.6 Å². The molecule has 1 N–H and O–H groups in total. The number of esters is 1. The number of amides is 1. The molecule has 0 aliphatic heterocycles. The Kier molecular flexibility index (Phi) is 6.39. The van der Waals surface area contributed by atoms with Crippen LogP contribution in [0.2, 0.25) is 0 Å². The lowest BCUT2D eigenvalue weighted by molar-refractivity contribution is -0.142. The highest BCUT2D eigenvalue weighted by atomic mass is 16.6. The van der Waals surface area contributed by atoms with Gasteiger partial charge in [-0.15, -0.1) is 0 Å². The lowest BCUT2D eigenvalue weighted by atomic mass is 9.95. The van der Waals surface area contributed by atoms with E-state index in [0.717, 1.165) is 16.7 Å². The average molecular weight is 355 g/mol. The Morgan fingerprint density at radius 3 is 2.27 bits per heavy atom. The first-order valence-electron chi connectivity index (χ1n) is 8.50. The van der Waals surface area contributed by atoms with Crippen LogP contribution in [0.5, 0.6) is 0 Å². The number of rotatable bonds is 5. The predicted octanol–water partition coefficient (Wildman–Crippen LogP) is 4.13. The molecule has 0 aliphatic carbocycles. The zero-order valence-corrected chi connectivity index (χ0v) is 15.6. The van der Waals surface area contributed by atoms with Crippen molar-refractivity contribution >= 4 is 12.1 Å². The minimum Gasteiger partial charge on any atom is -0.468 e. The Morgan fingerprint density at radius 1 is 1.00 bits per heavy atom. The molecule has 1 amide bonds. The van der Waals surface area contributed by atoms with Crippen molar-refractivity contribution in [1.82, 2.24) is 5.32 Å². The van der Waals surface area contributed by atoms with Gasteiger partial charge in [0.1, 0.15) is 5.60 Å². The standard InChI is InChI=1S/C21H25NO4/c1-21(2,3)26-20(24)22-14-18(19(23)25-4)17-12-8-11-16(13-17)15-9-6-5-7-10-15/h5-13,18H,14H2,1-4H3,(H,22,24). The van der Waals surface area contributed by atoms with E-state index in [2.05, 4.69) is 5.32 Å². The topological polar surface area (TPSA) is 64.6 Å². The smallest absolute Gasteiger partial charge is 0.407 e. The van der Waals surface area contributed by atoms with E-state index >= 15 is 0 Å². The number of carbonyl (C=O) groups excluding carboxylic acids is 2. The van der Waals surface area contributed by atoms with Crippen molar-refractivity contribution in [2.75, 3.05) is 13.7 Å². The van der Waals surface area contributed by atoms with E-state index in [1.54, 1.807) is 20.8 Å². The number of hydrogen-bond donors (Lipinski definition) is 1. The van der Waals surface area contributed by atoms with E-state index in [-0.39, 0.29) is 6.54 Å². The molecule has 0 radical (unpaired) electrons. The lowest BCUT2D eigenvalue weighted by Crippen LogP contribution is -2.36. The van der Waals surface area contributed by atoms with Crippen LogP contribution in [-0.2, 0) is 14.3 Å². The molecule has 5 nitrogen and oxygen atoms in total. The molecule has 0 aliphatic rings. The van der Waals surface area contributed by atoms with E-state index in [0.29, 0.717) is 0 Å². The van der Waals surface area contributed by atoms with Crippen molar-refractivity contribution in [3.05, 3.63) is 60.2 Å². The predicted molar refractivity (Wildman–Crippen MR) is 101 cm³/mol. The van der Waals surface area contributed by atoms with E-state index in [1.807, 2.05) is 54.6 Å². The van der Waals surface area contributed by atoms with Crippen LogP contribution < -0.4 is 5.32 Å². The van der Waals surface area contributed by atoms with Crippen LogP contribution in [0.15, 0.2) is 54.6 Å². The molecule has 1 atom stereocenters. The molecule has 1 unspecified atom stereocenters. The van der Waals surface area contributed by atoms with Gasteiger partial charge in [0, 0.05) is 6.54 Å². The lowest BCUT2D eigenvalue weighted by Gasteiger charge is -2.21. The summed E-state index contributed by atoms with van der Waals surface area (Å²) in [5.74, 6) is -1.03. The number of alkyl carbamates (subject to hydrolysis) is 1. The van der Waals surface area contributed by atoms with E-state index in [4.69, 9.17) is 9.47 Å². The Hall–Kier alpha value is -2.82. The van der Waals surface area contributed by atoms with Crippen molar-refractivity contribution in [2.24, 2.45) is 0 Å². The second-order valence-corrected chi connectivity index (χ2v) is 6.95. The van der Waals surface area contributed by atoms with Crippen molar-refractivity contribution in [2.45, 2.75) is 32.3 Å². The number of hydrogen-bond acceptors (Lipinski definition) is 4. The fourth-order valence-corrected chi connectivity index (χ4v) is 2.54. The second-order valence-electron chi connectivity index (χ2n) is 6.95. The van der Waals surface area contributed by atoms with E-state index in [1.165, 1.54) is 7.11 Å².